The molecule has 1 heterocycles. The third kappa shape index (κ3) is 4.17. The second-order valence-corrected chi connectivity index (χ2v) is 5.50. The summed E-state index contributed by atoms with van der Waals surface area (Å²) in [6.07, 6.45) is 1.57. The van der Waals surface area contributed by atoms with Gasteiger partial charge in [-0.3, -0.25) is 0 Å². The van der Waals surface area contributed by atoms with E-state index in [9.17, 15) is 0 Å². The summed E-state index contributed by atoms with van der Waals surface area (Å²) in [5.74, 6) is 1.08. The minimum absolute atomic E-state index is 0.470. The summed E-state index contributed by atoms with van der Waals surface area (Å²) in [5.41, 5.74) is 3.04. The predicted octanol–water partition coefficient (Wildman–Crippen LogP) is 4.19. The van der Waals surface area contributed by atoms with Crippen LogP contribution in [0.4, 0.5) is 17.5 Å². The molecule has 0 aliphatic rings. The summed E-state index contributed by atoms with van der Waals surface area (Å²) in [5, 5.41) is 15.0. The van der Waals surface area contributed by atoms with Crippen LogP contribution in [0.1, 0.15) is 11.1 Å². The zero-order valence-electron chi connectivity index (χ0n) is 12.6. The van der Waals surface area contributed by atoms with Crippen molar-refractivity contribution in [3.05, 3.63) is 70.9 Å². The maximum atomic E-state index is 6.13. The molecule has 2 N–H and O–H groups in total. The molecule has 0 amide bonds. The predicted molar refractivity (Wildman–Crippen MR) is 93.1 cm³/mol. The first-order chi connectivity index (χ1) is 11.2. The molecule has 0 fully saturated rings. The molecule has 0 radical (unpaired) electrons. The number of halogens is 1. The molecule has 0 aliphatic carbocycles. The van der Waals surface area contributed by atoms with Gasteiger partial charge >= 0.3 is 0 Å². The van der Waals surface area contributed by atoms with Crippen molar-refractivity contribution in [2.75, 3.05) is 10.6 Å². The SMILES string of the molecule is Cc1ccc(Nc2cnnc(NCc3ccccc3)n2)cc1Cl. The molecule has 0 unspecified atom stereocenters. The van der Waals surface area contributed by atoms with Crippen LogP contribution >= 0.6 is 11.6 Å². The van der Waals surface area contributed by atoms with E-state index in [1.54, 1.807) is 6.20 Å². The van der Waals surface area contributed by atoms with Crippen molar-refractivity contribution in [3.63, 3.8) is 0 Å². The second kappa shape index (κ2) is 7.07. The highest BCUT2D eigenvalue weighted by Crippen LogP contribution is 2.22. The summed E-state index contributed by atoms with van der Waals surface area (Å²) in [4.78, 5) is 4.40. The number of hydrogen-bond acceptors (Lipinski definition) is 5. The number of rotatable bonds is 5. The summed E-state index contributed by atoms with van der Waals surface area (Å²) in [6, 6.07) is 15.8. The average Bonchev–Trinajstić information content (AvgIpc) is 2.58. The molecule has 3 aromatic rings. The van der Waals surface area contributed by atoms with Crippen molar-refractivity contribution in [2.45, 2.75) is 13.5 Å². The lowest BCUT2D eigenvalue weighted by molar-refractivity contribution is 0.949. The Hall–Kier alpha value is -2.66. The van der Waals surface area contributed by atoms with Gasteiger partial charge < -0.3 is 10.6 Å². The minimum Gasteiger partial charge on any atom is -0.349 e. The largest absolute Gasteiger partial charge is 0.349 e. The standard InChI is InChI=1S/C17H16ClN5/c1-12-7-8-14(9-15(12)18)21-16-11-20-23-17(22-16)19-10-13-5-3-2-4-6-13/h2-9,11H,10H2,1H3,(H2,19,21,22,23). The fourth-order valence-corrected chi connectivity index (χ4v) is 2.21. The van der Waals surface area contributed by atoms with Crippen LogP contribution in [0.2, 0.25) is 5.02 Å². The first-order valence-electron chi connectivity index (χ1n) is 7.21. The molecule has 23 heavy (non-hydrogen) atoms. The van der Waals surface area contributed by atoms with E-state index in [4.69, 9.17) is 11.6 Å². The van der Waals surface area contributed by atoms with Gasteiger partial charge in [-0.1, -0.05) is 48.0 Å². The van der Waals surface area contributed by atoms with Gasteiger partial charge in [0, 0.05) is 17.3 Å². The van der Waals surface area contributed by atoms with Crippen LogP contribution in [-0.2, 0) is 6.54 Å². The van der Waals surface area contributed by atoms with Crippen LogP contribution in [0.15, 0.2) is 54.7 Å². The van der Waals surface area contributed by atoms with Crippen molar-refractivity contribution in [1.29, 1.82) is 0 Å². The molecule has 0 saturated carbocycles. The van der Waals surface area contributed by atoms with E-state index < -0.39 is 0 Å². The Bertz CT molecular complexity index is 792. The summed E-state index contributed by atoms with van der Waals surface area (Å²) < 4.78 is 0. The number of nitrogens with one attached hydrogen (secondary N) is 2. The fourth-order valence-electron chi connectivity index (χ4n) is 2.03. The van der Waals surface area contributed by atoms with Crippen LogP contribution < -0.4 is 10.6 Å². The first kappa shape index (κ1) is 15.2. The molecule has 0 bridgehead atoms. The molecule has 2 aromatic carbocycles. The molecule has 116 valence electrons. The van der Waals surface area contributed by atoms with Crippen molar-refractivity contribution in [2.24, 2.45) is 0 Å². The maximum absolute atomic E-state index is 6.13. The van der Waals surface area contributed by atoms with Crippen molar-refractivity contribution in [1.82, 2.24) is 15.2 Å². The number of aromatic nitrogens is 3. The fraction of sp³-hybridized carbons (Fsp3) is 0.118. The first-order valence-corrected chi connectivity index (χ1v) is 7.59. The Balaban J connectivity index is 1.68. The quantitative estimate of drug-likeness (QED) is 0.736. The van der Waals surface area contributed by atoms with Gasteiger partial charge in [0.15, 0.2) is 5.82 Å². The third-order valence-electron chi connectivity index (χ3n) is 3.30. The van der Waals surface area contributed by atoms with E-state index in [-0.39, 0.29) is 0 Å². The highest BCUT2D eigenvalue weighted by atomic mass is 35.5. The van der Waals surface area contributed by atoms with Gasteiger partial charge in [-0.25, -0.2) is 0 Å². The molecular weight excluding hydrogens is 310 g/mol. The van der Waals surface area contributed by atoms with Crippen molar-refractivity contribution in [3.8, 4) is 0 Å². The molecule has 0 atom stereocenters. The van der Waals surface area contributed by atoms with Crippen LogP contribution in [0.5, 0.6) is 0 Å². The van der Waals surface area contributed by atoms with E-state index in [1.807, 2.05) is 55.5 Å². The van der Waals surface area contributed by atoms with Gasteiger partial charge in [0.2, 0.25) is 5.95 Å². The number of anilines is 3. The third-order valence-corrected chi connectivity index (χ3v) is 3.70. The molecule has 6 heteroatoms. The Morgan fingerprint density at radius 1 is 1.09 bits per heavy atom. The lowest BCUT2D eigenvalue weighted by atomic mass is 10.2. The Morgan fingerprint density at radius 2 is 1.91 bits per heavy atom. The maximum Gasteiger partial charge on any atom is 0.244 e. The monoisotopic (exact) mass is 325 g/mol. The molecule has 0 spiro atoms. The lowest BCUT2D eigenvalue weighted by Gasteiger charge is -2.08. The van der Waals surface area contributed by atoms with Gasteiger partial charge in [-0.05, 0) is 30.2 Å². The summed E-state index contributed by atoms with van der Waals surface area (Å²) in [7, 11) is 0. The number of benzene rings is 2. The Labute approximate surface area is 139 Å². The normalized spacial score (nSPS) is 10.3. The molecule has 0 saturated heterocycles. The van der Waals surface area contributed by atoms with Gasteiger partial charge in [-0.2, -0.15) is 10.1 Å². The number of aryl methyl sites for hydroxylation is 1. The number of hydrogen-bond donors (Lipinski definition) is 2. The molecule has 5 nitrogen and oxygen atoms in total. The van der Waals surface area contributed by atoms with E-state index in [1.165, 1.54) is 0 Å². The molecule has 3 rings (SSSR count). The zero-order valence-corrected chi connectivity index (χ0v) is 13.4. The van der Waals surface area contributed by atoms with E-state index >= 15 is 0 Å². The van der Waals surface area contributed by atoms with Crippen LogP contribution in [0.3, 0.4) is 0 Å². The van der Waals surface area contributed by atoms with E-state index in [2.05, 4.69) is 25.8 Å². The van der Waals surface area contributed by atoms with Crippen LogP contribution in [-0.4, -0.2) is 15.2 Å². The van der Waals surface area contributed by atoms with Crippen LogP contribution in [0.25, 0.3) is 0 Å². The molecule has 1 aromatic heterocycles. The molecule has 0 aliphatic heterocycles. The smallest absolute Gasteiger partial charge is 0.244 e. The highest BCUT2D eigenvalue weighted by molar-refractivity contribution is 6.31. The van der Waals surface area contributed by atoms with E-state index in [0.717, 1.165) is 16.8 Å². The Kier molecular flexibility index (Phi) is 4.68. The second-order valence-electron chi connectivity index (χ2n) is 5.09. The lowest BCUT2D eigenvalue weighted by Crippen LogP contribution is -2.06. The van der Waals surface area contributed by atoms with Gasteiger partial charge in [-0.15, -0.1) is 5.10 Å². The van der Waals surface area contributed by atoms with Gasteiger partial charge in [0.05, 0.1) is 6.20 Å². The minimum atomic E-state index is 0.470. The summed E-state index contributed by atoms with van der Waals surface area (Å²) in [6.45, 7) is 2.60. The highest BCUT2D eigenvalue weighted by Gasteiger charge is 2.03. The van der Waals surface area contributed by atoms with Crippen molar-refractivity contribution < 1.29 is 0 Å². The van der Waals surface area contributed by atoms with Gasteiger partial charge in [0.1, 0.15) is 0 Å². The van der Waals surface area contributed by atoms with E-state index in [0.29, 0.717) is 23.3 Å². The molecular formula is C17H16ClN5. The van der Waals surface area contributed by atoms with Crippen molar-refractivity contribution >= 4 is 29.1 Å². The zero-order chi connectivity index (χ0) is 16.1. The Morgan fingerprint density at radius 3 is 2.70 bits per heavy atom. The number of nitrogens with zero attached hydrogens (tertiary/aromatic N) is 3. The van der Waals surface area contributed by atoms with Gasteiger partial charge in [0.25, 0.3) is 0 Å². The average molecular weight is 326 g/mol. The van der Waals surface area contributed by atoms with Crippen LogP contribution in [0, 0.1) is 6.92 Å². The topological polar surface area (TPSA) is 62.7 Å². The summed E-state index contributed by atoms with van der Waals surface area (Å²) >= 11 is 6.13.